The lowest BCUT2D eigenvalue weighted by molar-refractivity contribution is -0.114. The summed E-state index contributed by atoms with van der Waals surface area (Å²) in [4.78, 5) is 16.4. The summed E-state index contributed by atoms with van der Waals surface area (Å²) in [5.41, 5.74) is 1.40. The van der Waals surface area contributed by atoms with Crippen molar-refractivity contribution in [3.05, 3.63) is 29.8 Å². The fraction of sp³-hybridized carbons (Fsp3) is 0.444. The highest BCUT2D eigenvalue weighted by Crippen LogP contribution is 2.19. The minimum absolute atomic E-state index is 0.0370. The number of carbonyl (C=O) groups is 1. The van der Waals surface area contributed by atoms with Crippen molar-refractivity contribution in [2.75, 3.05) is 31.2 Å². The van der Waals surface area contributed by atoms with Gasteiger partial charge in [-0.05, 0) is 45.2 Å². The molecular weight excluding hydrogens is 320 g/mol. The average Bonchev–Trinajstić information content (AvgIpc) is 2.57. The Bertz CT molecular complexity index is 620. The van der Waals surface area contributed by atoms with Crippen molar-refractivity contribution in [1.82, 2.24) is 10.6 Å². The predicted octanol–water partition coefficient (Wildman–Crippen LogP) is 2.30. The summed E-state index contributed by atoms with van der Waals surface area (Å²) in [6, 6.07) is 7.18. The number of aliphatic imine (C=N–C) groups is 1. The Balaban J connectivity index is 2.61. The summed E-state index contributed by atoms with van der Waals surface area (Å²) in [7, 11) is 0. The number of nitrogens with zero attached hydrogens (tertiary/aromatic N) is 1. The Morgan fingerprint density at radius 3 is 2.75 bits per heavy atom. The van der Waals surface area contributed by atoms with E-state index in [2.05, 4.69) is 47.0 Å². The van der Waals surface area contributed by atoms with E-state index in [9.17, 15) is 4.79 Å². The summed E-state index contributed by atoms with van der Waals surface area (Å²) < 4.78 is 0.0914. The van der Waals surface area contributed by atoms with Gasteiger partial charge in [-0.15, -0.1) is 6.42 Å². The van der Waals surface area contributed by atoms with E-state index in [1.165, 1.54) is 0 Å². The zero-order chi connectivity index (χ0) is 18.0. The minimum atomic E-state index is -0.189. The molecule has 0 unspecified atom stereocenters. The van der Waals surface area contributed by atoms with Crippen molar-refractivity contribution in [3.63, 3.8) is 0 Å². The van der Waals surface area contributed by atoms with Crippen LogP contribution in [0.5, 0.6) is 0 Å². The second-order valence-corrected chi connectivity index (χ2v) is 7.30. The molecule has 0 bridgehead atoms. The van der Waals surface area contributed by atoms with E-state index in [4.69, 9.17) is 6.42 Å². The first-order chi connectivity index (χ1) is 11.4. The topological polar surface area (TPSA) is 65.5 Å². The number of nitrogens with one attached hydrogen (secondary N) is 3. The fourth-order valence-electron chi connectivity index (χ4n) is 1.75. The Morgan fingerprint density at radius 2 is 2.12 bits per heavy atom. The zero-order valence-electron chi connectivity index (χ0n) is 14.8. The van der Waals surface area contributed by atoms with Gasteiger partial charge in [-0.2, -0.15) is 11.8 Å². The normalized spacial score (nSPS) is 11.5. The third-order valence-corrected chi connectivity index (χ3v) is 4.52. The number of amides is 1. The van der Waals surface area contributed by atoms with Crippen LogP contribution in [0.4, 0.5) is 5.69 Å². The van der Waals surface area contributed by atoms with Crippen LogP contribution < -0.4 is 16.0 Å². The van der Waals surface area contributed by atoms with Gasteiger partial charge in [-0.3, -0.25) is 4.79 Å². The molecule has 0 atom stereocenters. The van der Waals surface area contributed by atoms with Crippen LogP contribution in [-0.2, 0) is 4.79 Å². The number of rotatable bonds is 7. The summed E-state index contributed by atoms with van der Waals surface area (Å²) in [6.45, 7) is 7.82. The summed E-state index contributed by atoms with van der Waals surface area (Å²) in [6.07, 6.45) is 7.43. The third-order valence-electron chi connectivity index (χ3n) is 3.27. The number of terminal acetylenes is 1. The molecule has 1 rings (SSSR count). The molecule has 5 nitrogen and oxygen atoms in total. The van der Waals surface area contributed by atoms with E-state index >= 15 is 0 Å². The molecule has 0 spiro atoms. The number of carbonyl (C=O) groups excluding carboxylic acids is 1. The average molecular weight is 347 g/mol. The van der Waals surface area contributed by atoms with Crippen molar-refractivity contribution in [2.24, 2.45) is 4.99 Å². The van der Waals surface area contributed by atoms with E-state index in [-0.39, 0.29) is 17.2 Å². The molecule has 3 N–H and O–H groups in total. The second kappa shape index (κ2) is 9.89. The van der Waals surface area contributed by atoms with E-state index in [0.717, 1.165) is 18.7 Å². The van der Waals surface area contributed by atoms with Gasteiger partial charge in [0, 0.05) is 29.1 Å². The van der Waals surface area contributed by atoms with Crippen LogP contribution in [0.2, 0.25) is 0 Å². The largest absolute Gasteiger partial charge is 0.357 e. The molecule has 24 heavy (non-hydrogen) atoms. The van der Waals surface area contributed by atoms with Crippen LogP contribution in [0.1, 0.15) is 26.3 Å². The minimum Gasteiger partial charge on any atom is -0.357 e. The van der Waals surface area contributed by atoms with E-state index < -0.39 is 0 Å². The zero-order valence-corrected chi connectivity index (χ0v) is 15.6. The lowest BCUT2D eigenvalue weighted by Gasteiger charge is -2.23. The number of thioether (sulfide) groups is 1. The van der Waals surface area contributed by atoms with Crippen molar-refractivity contribution < 1.29 is 4.79 Å². The maximum Gasteiger partial charge on any atom is 0.246 e. The van der Waals surface area contributed by atoms with Gasteiger partial charge in [0.25, 0.3) is 0 Å². The number of guanidine groups is 1. The molecule has 0 aliphatic rings. The lowest BCUT2D eigenvalue weighted by atomic mass is 10.2. The van der Waals surface area contributed by atoms with Gasteiger partial charge in [-0.1, -0.05) is 12.0 Å². The SMILES string of the molecule is C#Cc1cccc(NC(=O)CN=C(NCC)NCC(C)(C)SC)c1. The van der Waals surface area contributed by atoms with Gasteiger partial charge < -0.3 is 16.0 Å². The lowest BCUT2D eigenvalue weighted by Crippen LogP contribution is -2.43. The molecule has 1 aromatic rings. The van der Waals surface area contributed by atoms with Crippen molar-refractivity contribution in [2.45, 2.75) is 25.5 Å². The number of anilines is 1. The molecule has 0 aromatic heterocycles. The van der Waals surface area contributed by atoms with Crippen LogP contribution >= 0.6 is 11.8 Å². The highest BCUT2D eigenvalue weighted by molar-refractivity contribution is 7.99. The van der Waals surface area contributed by atoms with Crippen molar-refractivity contribution in [1.29, 1.82) is 0 Å². The predicted molar refractivity (Wildman–Crippen MR) is 105 cm³/mol. The first-order valence-corrected chi connectivity index (χ1v) is 9.06. The first-order valence-electron chi connectivity index (χ1n) is 7.84. The number of benzene rings is 1. The standard InChI is InChI=1S/C18H26N4OS/c1-6-14-9-8-10-15(11-14)22-16(23)12-20-17(19-7-2)21-13-18(3,4)24-5/h1,8-11H,7,12-13H2,2-5H3,(H,22,23)(H2,19,20,21). The van der Waals surface area contributed by atoms with Gasteiger partial charge in [0.2, 0.25) is 5.91 Å². The molecule has 0 heterocycles. The summed E-state index contributed by atoms with van der Waals surface area (Å²) in [5.74, 6) is 2.99. The monoisotopic (exact) mass is 346 g/mol. The molecule has 1 amide bonds. The maximum atomic E-state index is 12.0. The summed E-state index contributed by atoms with van der Waals surface area (Å²) >= 11 is 1.78. The Kier molecular flexibility index (Phi) is 8.20. The van der Waals surface area contributed by atoms with Crippen LogP contribution in [0.15, 0.2) is 29.3 Å². The molecular formula is C18H26N4OS. The maximum absolute atomic E-state index is 12.0. The van der Waals surface area contributed by atoms with E-state index in [1.807, 2.05) is 19.1 Å². The highest BCUT2D eigenvalue weighted by atomic mass is 32.2. The third kappa shape index (κ3) is 7.42. The second-order valence-electron chi connectivity index (χ2n) is 5.79. The molecule has 1 aromatic carbocycles. The molecule has 6 heteroatoms. The smallest absolute Gasteiger partial charge is 0.246 e. The van der Waals surface area contributed by atoms with Gasteiger partial charge in [-0.25, -0.2) is 4.99 Å². The summed E-state index contributed by atoms with van der Waals surface area (Å²) in [5, 5.41) is 9.20. The van der Waals surface area contributed by atoms with Crippen molar-refractivity contribution >= 4 is 29.3 Å². The number of hydrogen-bond acceptors (Lipinski definition) is 3. The first kappa shape index (κ1) is 19.9. The molecule has 130 valence electrons. The van der Waals surface area contributed by atoms with Crippen LogP contribution in [0.25, 0.3) is 0 Å². The van der Waals surface area contributed by atoms with Crippen LogP contribution in [0, 0.1) is 12.3 Å². The molecule has 0 aliphatic carbocycles. The van der Waals surface area contributed by atoms with Crippen LogP contribution in [-0.4, -0.2) is 42.5 Å². The highest BCUT2D eigenvalue weighted by Gasteiger charge is 2.16. The quantitative estimate of drug-likeness (QED) is 0.403. The van der Waals surface area contributed by atoms with Gasteiger partial charge in [0.1, 0.15) is 6.54 Å². The van der Waals surface area contributed by atoms with E-state index in [0.29, 0.717) is 11.6 Å². The molecule has 0 fully saturated rings. The van der Waals surface area contributed by atoms with Gasteiger partial charge >= 0.3 is 0 Å². The fourth-order valence-corrected chi connectivity index (χ4v) is 1.97. The Labute approximate surface area is 149 Å². The molecule has 0 saturated carbocycles. The van der Waals surface area contributed by atoms with Crippen LogP contribution in [0.3, 0.4) is 0 Å². The molecule has 0 saturated heterocycles. The molecule has 0 radical (unpaired) electrons. The van der Waals surface area contributed by atoms with Gasteiger partial charge in [0.05, 0.1) is 0 Å². The Hall–Kier alpha value is -2.13. The van der Waals surface area contributed by atoms with Gasteiger partial charge in [0.15, 0.2) is 5.96 Å². The van der Waals surface area contributed by atoms with E-state index in [1.54, 1.807) is 23.9 Å². The molecule has 0 aliphatic heterocycles. The number of hydrogen-bond donors (Lipinski definition) is 3. The Morgan fingerprint density at radius 1 is 1.38 bits per heavy atom. The van der Waals surface area contributed by atoms with Crippen molar-refractivity contribution in [3.8, 4) is 12.3 Å².